The second kappa shape index (κ2) is 8.87. The molecule has 2 atom stereocenters. The predicted molar refractivity (Wildman–Crippen MR) is 101 cm³/mol. The molecule has 0 saturated carbocycles. The number of hydrogen-bond donors (Lipinski definition) is 0. The molecule has 11 heteroatoms. The average molecular weight is 460 g/mol. The third kappa shape index (κ3) is 4.76. The molecule has 1 aromatic heterocycles. The lowest BCUT2D eigenvalue weighted by Crippen LogP contribution is -2.36. The van der Waals surface area contributed by atoms with Crippen molar-refractivity contribution in [2.45, 2.75) is 50.9 Å². The van der Waals surface area contributed by atoms with Crippen LogP contribution in [0, 0.1) is 5.92 Å². The lowest BCUT2D eigenvalue weighted by molar-refractivity contribution is -0.151. The lowest BCUT2D eigenvalue weighted by atomic mass is 9.89. The molecule has 0 N–H and O–H groups in total. The number of ether oxygens (including phenoxy) is 2. The van der Waals surface area contributed by atoms with Gasteiger partial charge in [-0.3, -0.25) is 9.48 Å². The second-order valence-electron chi connectivity index (χ2n) is 7.56. The number of methoxy groups -OCH3 is 1. The van der Waals surface area contributed by atoms with Crippen LogP contribution < -0.4 is 0 Å². The van der Waals surface area contributed by atoms with Crippen molar-refractivity contribution in [2.24, 2.45) is 5.92 Å². The summed E-state index contributed by atoms with van der Waals surface area (Å²) in [6.07, 6.45) is -8.61. The molecule has 1 aliphatic carbocycles. The van der Waals surface area contributed by atoms with Crippen molar-refractivity contribution in [3.8, 4) is 0 Å². The van der Waals surface area contributed by atoms with E-state index in [-0.39, 0.29) is 24.2 Å². The molecule has 6 nitrogen and oxygen atoms in total. The van der Waals surface area contributed by atoms with Crippen LogP contribution in [0.5, 0.6) is 0 Å². The fraction of sp³-hybridized carbons (Fsp3) is 0.476. The van der Waals surface area contributed by atoms with E-state index in [2.05, 4.69) is 9.84 Å². The standard InChI is InChI=1S/C21H21F5N2O4/c1-12(18(29)31-2)9-11-28-14-8-10-20(22,23)17(15(14)16(27-28)21(24,25)26)32-19(30)13-6-4-3-5-7-13/h3-7,12,17H,8-11H2,1-2H3/t12?,17-/m0/s1. The molecule has 0 saturated heterocycles. The Morgan fingerprint density at radius 1 is 1.25 bits per heavy atom. The Labute approximate surface area is 180 Å². The molecule has 0 bridgehead atoms. The number of aromatic nitrogens is 2. The number of aryl methyl sites for hydroxylation is 1. The summed E-state index contributed by atoms with van der Waals surface area (Å²) in [5.41, 5.74) is -2.53. The number of carbonyl (C=O) groups excluding carboxylic acids is 2. The summed E-state index contributed by atoms with van der Waals surface area (Å²) in [6, 6.07) is 7.16. The van der Waals surface area contributed by atoms with Gasteiger partial charge in [-0.25, -0.2) is 13.6 Å². The van der Waals surface area contributed by atoms with Crippen LogP contribution in [0.15, 0.2) is 30.3 Å². The summed E-state index contributed by atoms with van der Waals surface area (Å²) in [7, 11) is 1.18. The molecule has 1 aromatic carbocycles. The van der Waals surface area contributed by atoms with Crippen LogP contribution in [0.1, 0.15) is 53.2 Å². The molecule has 0 radical (unpaired) electrons. The number of esters is 2. The maximum absolute atomic E-state index is 14.7. The molecule has 0 fully saturated rings. The highest BCUT2D eigenvalue weighted by Crippen LogP contribution is 2.48. The maximum atomic E-state index is 14.7. The van der Waals surface area contributed by atoms with Crippen molar-refractivity contribution in [1.29, 1.82) is 0 Å². The van der Waals surface area contributed by atoms with Gasteiger partial charge in [-0.05, 0) is 25.0 Å². The van der Waals surface area contributed by atoms with Crippen LogP contribution in [-0.2, 0) is 33.4 Å². The van der Waals surface area contributed by atoms with E-state index in [9.17, 15) is 31.5 Å². The first-order valence-electron chi connectivity index (χ1n) is 9.84. The minimum Gasteiger partial charge on any atom is -0.469 e. The maximum Gasteiger partial charge on any atom is 0.435 e. The molecule has 1 unspecified atom stereocenters. The number of benzene rings is 1. The number of hydrogen-bond acceptors (Lipinski definition) is 5. The molecule has 1 aliphatic rings. The Balaban J connectivity index is 2.00. The van der Waals surface area contributed by atoms with Gasteiger partial charge in [0, 0.05) is 18.7 Å². The predicted octanol–water partition coefficient (Wildman–Crippen LogP) is 4.58. The fourth-order valence-corrected chi connectivity index (χ4v) is 3.60. The molecule has 174 valence electrons. The van der Waals surface area contributed by atoms with Gasteiger partial charge in [0.25, 0.3) is 5.92 Å². The van der Waals surface area contributed by atoms with E-state index in [1.807, 2.05) is 0 Å². The van der Waals surface area contributed by atoms with Gasteiger partial charge in [0.2, 0.25) is 0 Å². The Bertz CT molecular complexity index is 988. The summed E-state index contributed by atoms with van der Waals surface area (Å²) >= 11 is 0. The Morgan fingerprint density at radius 3 is 2.50 bits per heavy atom. The van der Waals surface area contributed by atoms with E-state index in [0.717, 1.165) is 4.68 Å². The van der Waals surface area contributed by atoms with Crippen molar-refractivity contribution in [2.75, 3.05) is 7.11 Å². The van der Waals surface area contributed by atoms with Crippen LogP contribution >= 0.6 is 0 Å². The number of fused-ring (bicyclic) bond motifs is 1. The van der Waals surface area contributed by atoms with Crippen LogP contribution in [0.4, 0.5) is 22.0 Å². The molecule has 0 spiro atoms. The number of carbonyl (C=O) groups is 2. The topological polar surface area (TPSA) is 70.4 Å². The molecular formula is C21H21F5N2O4. The van der Waals surface area contributed by atoms with Crippen molar-refractivity contribution in [3.05, 3.63) is 52.8 Å². The molecule has 0 aliphatic heterocycles. The Morgan fingerprint density at radius 2 is 1.91 bits per heavy atom. The minimum atomic E-state index is -5.05. The van der Waals surface area contributed by atoms with E-state index in [0.29, 0.717) is 0 Å². The van der Waals surface area contributed by atoms with Crippen molar-refractivity contribution in [1.82, 2.24) is 9.78 Å². The van der Waals surface area contributed by atoms with E-state index in [1.165, 1.54) is 38.3 Å². The number of nitrogens with zero attached hydrogens (tertiary/aromatic N) is 2. The van der Waals surface area contributed by atoms with Gasteiger partial charge in [-0.2, -0.15) is 18.3 Å². The van der Waals surface area contributed by atoms with Gasteiger partial charge in [-0.1, -0.05) is 25.1 Å². The zero-order chi connectivity index (χ0) is 23.7. The number of rotatable bonds is 6. The van der Waals surface area contributed by atoms with Crippen LogP contribution in [0.3, 0.4) is 0 Å². The summed E-state index contributed by atoms with van der Waals surface area (Å²) in [5.74, 6) is -6.07. The average Bonchev–Trinajstić information content (AvgIpc) is 3.12. The van der Waals surface area contributed by atoms with Gasteiger partial charge in [0.15, 0.2) is 11.8 Å². The number of halogens is 5. The SMILES string of the molecule is COC(=O)C(C)CCn1nc(C(F)(F)F)c2c1CCC(F)(F)[C@H]2OC(=O)c1ccccc1. The molecular weight excluding hydrogens is 439 g/mol. The molecule has 0 amide bonds. The molecule has 1 heterocycles. The highest BCUT2D eigenvalue weighted by molar-refractivity contribution is 5.89. The molecule has 3 rings (SSSR count). The normalized spacial score (nSPS) is 18.5. The van der Waals surface area contributed by atoms with E-state index in [1.54, 1.807) is 6.07 Å². The van der Waals surface area contributed by atoms with Gasteiger partial charge in [-0.15, -0.1) is 0 Å². The van der Waals surface area contributed by atoms with Gasteiger partial charge >= 0.3 is 18.1 Å². The quantitative estimate of drug-likeness (QED) is 0.466. The first-order chi connectivity index (χ1) is 15.0. The lowest BCUT2D eigenvalue weighted by Gasteiger charge is -2.32. The third-order valence-electron chi connectivity index (χ3n) is 5.32. The van der Waals surface area contributed by atoms with E-state index in [4.69, 9.17) is 4.74 Å². The van der Waals surface area contributed by atoms with Crippen LogP contribution in [-0.4, -0.2) is 34.8 Å². The van der Waals surface area contributed by atoms with E-state index < -0.39 is 60.2 Å². The minimum absolute atomic E-state index is 0.0664. The fourth-order valence-electron chi connectivity index (χ4n) is 3.60. The van der Waals surface area contributed by atoms with Gasteiger partial charge in [0.05, 0.1) is 24.2 Å². The summed E-state index contributed by atoms with van der Waals surface area (Å²) in [5, 5.41) is 3.53. The zero-order valence-electron chi connectivity index (χ0n) is 17.3. The summed E-state index contributed by atoms with van der Waals surface area (Å²) in [4.78, 5) is 24.0. The van der Waals surface area contributed by atoms with Gasteiger partial charge < -0.3 is 9.47 Å². The highest BCUT2D eigenvalue weighted by Gasteiger charge is 2.54. The Kier molecular flexibility index (Phi) is 6.56. The molecule has 2 aromatic rings. The zero-order valence-corrected chi connectivity index (χ0v) is 17.3. The van der Waals surface area contributed by atoms with Crippen molar-refractivity contribution >= 4 is 11.9 Å². The van der Waals surface area contributed by atoms with Crippen LogP contribution in [0.25, 0.3) is 0 Å². The first-order valence-corrected chi connectivity index (χ1v) is 9.84. The second-order valence-corrected chi connectivity index (χ2v) is 7.56. The largest absolute Gasteiger partial charge is 0.469 e. The first kappa shape index (κ1) is 23.7. The van der Waals surface area contributed by atoms with Crippen molar-refractivity contribution < 1.29 is 41.0 Å². The van der Waals surface area contributed by atoms with Crippen LogP contribution in [0.2, 0.25) is 0 Å². The number of alkyl halides is 5. The highest BCUT2D eigenvalue weighted by atomic mass is 19.4. The monoisotopic (exact) mass is 460 g/mol. The third-order valence-corrected chi connectivity index (χ3v) is 5.32. The smallest absolute Gasteiger partial charge is 0.435 e. The van der Waals surface area contributed by atoms with E-state index >= 15 is 0 Å². The molecule has 32 heavy (non-hydrogen) atoms. The van der Waals surface area contributed by atoms with Crippen molar-refractivity contribution in [3.63, 3.8) is 0 Å². The van der Waals surface area contributed by atoms with Gasteiger partial charge in [0.1, 0.15) is 0 Å². The Hall–Kier alpha value is -2.98. The summed E-state index contributed by atoms with van der Waals surface area (Å²) < 4.78 is 81.1. The summed E-state index contributed by atoms with van der Waals surface area (Å²) in [6.45, 7) is 1.41.